The van der Waals surface area contributed by atoms with E-state index in [1.54, 1.807) is 25.1 Å². The zero-order valence-corrected chi connectivity index (χ0v) is 20.5. The van der Waals surface area contributed by atoms with Crippen molar-refractivity contribution in [3.05, 3.63) is 71.7 Å². The van der Waals surface area contributed by atoms with Crippen molar-refractivity contribution in [1.29, 1.82) is 0 Å². The molecule has 0 spiro atoms. The second-order valence-corrected chi connectivity index (χ2v) is 8.47. The van der Waals surface area contributed by atoms with Gasteiger partial charge in [0.2, 0.25) is 0 Å². The minimum Gasteiger partial charge on any atom is -0.490 e. The first-order chi connectivity index (χ1) is 16.8. The first kappa shape index (κ1) is 26.0. The lowest BCUT2D eigenvalue weighted by Crippen LogP contribution is -2.30. The van der Waals surface area contributed by atoms with Gasteiger partial charge in [-0.25, -0.2) is 9.37 Å². The molecule has 0 unspecified atom stereocenters. The molecule has 7 nitrogen and oxygen atoms in total. The number of aliphatic hydroxyl groups excluding tert-OH is 1. The summed E-state index contributed by atoms with van der Waals surface area (Å²) in [5.74, 6) is 0.820. The molecule has 0 saturated heterocycles. The van der Waals surface area contributed by atoms with Crippen LogP contribution < -0.4 is 19.7 Å². The molecule has 0 radical (unpaired) electrons. The standard InChI is InChI=1S/C25H26FN3O3.C2H6O/c1-16(2)15-32-22-9-8-18(13-20(22)26)28-25(30)19-5-4-6-21-24(19)31-12-11-29(21)23-10-7-17(3)14-27-23;1-2-3/h4-10,13-14,16H,11-12,15H2,1-3H3,(H,28,30);3H,2H2,1H3. The topological polar surface area (TPSA) is 83.9 Å². The first-order valence-electron chi connectivity index (χ1n) is 11.6. The number of para-hydroxylation sites is 1. The van der Waals surface area contributed by atoms with E-state index in [9.17, 15) is 9.18 Å². The highest BCUT2D eigenvalue weighted by Gasteiger charge is 2.25. The van der Waals surface area contributed by atoms with Crippen LogP contribution in [0.2, 0.25) is 0 Å². The predicted molar refractivity (Wildman–Crippen MR) is 135 cm³/mol. The Labute approximate surface area is 205 Å². The number of aliphatic hydroxyl groups is 1. The maximum atomic E-state index is 14.4. The van der Waals surface area contributed by atoms with Crippen molar-refractivity contribution in [3.63, 3.8) is 0 Å². The van der Waals surface area contributed by atoms with E-state index < -0.39 is 5.82 Å². The lowest BCUT2D eigenvalue weighted by atomic mass is 10.1. The zero-order chi connectivity index (χ0) is 25.4. The van der Waals surface area contributed by atoms with E-state index >= 15 is 0 Å². The number of aromatic nitrogens is 1. The summed E-state index contributed by atoms with van der Waals surface area (Å²) in [6, 6.07) is 13.7. The van der Waals surface area contributed by atoms with Crippen molar-refractivity contribution in [2.45, 2.75) is 27.7 Å². The number of anilines is 3. The van der Waals surface area contributed by atoms with E-state index in [1.807, 2.05) is 50.1 Å². The summed E-state index contributed by atoms with van der Waals surface area (Å²) in [5.41, 5.74) is 2.56. The molecule has 0 aliphatic carbocycles. The minimum atomic E-state index is -0.522. The van der Waals surface area contributed by atoms with Crippen LogP contribution in [0.4, 0.5) is 21.6 Å². The average Bonchev–Trinajstić information content (AvgIpc) is 2.83. The highest BCUT2D eigenvalue weighted by molar-refractivity contribution is 6.07. The lowest BCUT2D eigenvalue weighted by Gasteiger charge is -2.31. The number of hydrogen-bond acceptors (Lipinski definition) is 6. The predicted octanol–water partition coefficient (Wildman–Crippen LogP) is 5.35. The normalized spacial score (nSPS) is 12.3. The second-order valence-electron chi connectivity index (χ2n) is 8.47. The molecule has 2 heterocycles. The molecule has 0 saturated carbocycles. The van der Waals surface area contributed by atoms with Crippen LogP contribution in [0, 0.1) is 18.7 Å². The van der Waals surface area contributed by atoms with Gasteiger partial charge in [-0.3, -0.25) is 4.79 Å². The fraction of sp³-hybridized carbons (Fsp3) is 0.333. The van der Waals surface area contributed by atoms with Crippen molar-refractivity contribution in [2.75, 3.05) is 36.6 Å². The summed E-state index contributed by atoms with van der Waals surface area (Å²) in [7, 11) is 0. The Bertz CT molecular complexity index is 1140. The summed E-state index contributed by atoms with van der Waals surface area (Å²) < 4.78 is 25.7. The van der Waals surface area contributed by atoms with E-state index in [2.05, 4.69) is 10.3 Å². The van der Waals surface area contributed by atoms with Gasteiger partial charge in [0.15, 0.2) is 17.3 Å². The SMILES string of the molecule is CCO.Cc1ccc(N2CCOc3c(C(=O)Nc4ccc(OCC(C)C)c(F)c4)cccc32)nc1. The summed E-state index contributed by atoms with van der Waals surface area (Å²) in [5, 5.41) is 10.3. The molecule has 1 amide bonds. The van der Waals surface area contributed by atoms with E-state index in [0.29, 0.717) is 36.8 Å². The smallest absolute Gasteiger partial charge is 0.259 e. The van der Waals surface area contributed by atoms with Crippen LogP contribution in [0.3, 0.4) is 0 Å². The molecular weight excluding hydrogens is 449 g/mol. The first-order valence-corrected chi connectivity index (χ1v) is 11.6. The molecule has 1 aromatic heterocycles. The summed E-state index contributed by atoms with van der Waals surface area (Å²) in [6.07, 6.45) is 1.81. The number of fused-ring (bicyclic) bond motifs is 1. The molecule has 186 valence electrons. The van der Waals surface area contributed by atoms with Crippen molar-refractivity contribution in [1.82, 2.24) is 4.98 Å². The van der Waals surface area contributed by atoms with Crippen molar-refractivity contribution in [3.8, 4) is 11.5 Å². The van der Waals surface area contributed by atoms with Crippen LogP contribution in [0.1, 0.15) is 36.7 Å². The van der Waals surface area contributed by atoms with Gasteiger partial charge in [0.05, 0.1) is 24.4 Å². The van der Waals surface area contributed by atoms with E-state index in [4.69, 9.17) is 14.6 Å². The van der Waals surface area contributed by atoms with Gasteiger partial charge in [-0.2, -0.15) is 0 Å². The number of halogens is 1. The number of rotatable bonds is 6. The highest BCUT2D eigenvalue weighted by atomic mass is 19.1. The van der Waals surface area contributed by atoms with Gasteiger partial charge in [-0.15, -0.1) is 0 Å². The van der Waals surface area contributed by atoms with Crippen LogP contribution in [-0.2, 0) is 0 Å². The van der Waals surface area contributed by atoms with E-state index in [0.717, 1.165) is 17.1 Å². The zero-order valence-electron chi connectivity index (χ0n) is 20.5. The molecule has 4 rings (SSSR count). The Morgan fingerprint density at radius 2 is 2.03 bits per heavy atom. The number of amides is 1. The van der Waals surface area contributed by atoms with Gasteiger partial charge in [-0.1, -0.05) is 26.0 Å². The molecule has 0 bridgehead atoms. The number of benzene rings is 2. The van der Waals surface area contributed by atoms with Gasteiger partial charge in [0.1, 0.15) is 12.4 Å². The second kappa shape index (κ2) is 12.2. The number of nitrogens with zero attached hydrogens (tertiary/aromatic N) is 2. The molecule has 35 heavy (non-hydrogen) atoms. The summed E-state index contributed by atoms with van der Waals surface area (Å²) >= 11 is 0. The number of nitrogens with one attached hydrogen (secondary N) is 1. The van der Waals surface area contributed by atoms with Gasteiger partial charge in [0.25, 0.3) is 5.91 Å². The summed E-state index contributed by atoms with van der Waals surface area (Å²) in [6.45, 7) is 9.36. The molecule has 3 aromatic rings. The molecule has 2 N–H and O–H groups in total. The fourth-order valence-corrected chi connectivity index (χ4v) is 3.44. The van der Waals surface area contributed by atoms with Gasteiger partial charge in [0, 0.05) is 24.6 Å². The van der Waals surface area contributed by atoms with Crippen molar-refractivity contribution in [2.24, 2.45) is 5.92 Å². The maximum absolute atomic E-state index is 14.4. The monoisotopic (exact) mass is 481 g/mol. The number of carbonyl (C=O) groups is 1. The third kappa shape index (κ3) is 6.70. The Morgan fingerprint density at radius 3 is 2.69 bits per heavy atom. The Morgan fingerprint density at radius 1 is 1.26 bits per heavy atom. The molecule has 8 heteroatoms. The lowest BCUT2D eigenvalue weighted by molar-refractivity contribution is 0.102. The summed E-state index contributed by atoms with van der Waals surface area (Å²) in [4.78, 5) is 19.5. The average molecular weight is 482 g/mol. The Balaban J connectivity index is 0.00000108. The maximum Gasteiger partial charge on any atom is 0.259 e. The number of carbonyl (C=O) groups excluding carboxylic acids is 1. The number of pyridine rings is 1. The van der Waals surface area contributed by atoms with Crippen LogP contribution >= 0.6 is 0 Å². The Hall–Kier alpha value is -3.65. The van der Waals surface area contributed by atoms with Gasteiger partial charge >= 0.3 is 0 Å². The van der Waals surface area contributed by atoms with Crippen LogP contribution in [0.25, 0.3) is 0 Å². The number of hydrogen-bond donors (Lipinski definition) is 2. The molecule has 1 aliphatic rings. The highest BCUT2D eigenvalue weighted by Crippen LogP contribution is 2.38. The largest absolute Gasteiger partial charge is 0.490 e. The number of aryl methyl sites for hydroxylation is 1. The van der Waals surface area contributed by atoms with E-state index in [1.165, 1.54) is 12.1 Å². The molecule has 1 aliphatic heterocycles. The van der Waals surface area contributed by atoms with E-state index in [-0.39, 0.29) is 24.2 Å². The van der Waals surface area contributed by atoms with Crippen LogP contribution in [0.5, 0.6) is 11.5 Å². The fourth-order valence-electron chi connectivity index (χ4n) is 3.44. The Kier molecular flexibility index (Phi) is 9.03. The van der Waals surface area contributed by atoms with Gasteiger partial charge < -0.3 is 24.8 Å². The van der Waals surface area contributed by atoms with Crippen LogP contribution in [0.15, 0.2) is 54.7 Å². The van der Waals surface area contributed by atoms with Crippen molar-refractivity contribution >= 4 is 23.1 Å². The van der Waals surface area contributed by atoms with Crippen molar-refractivity contribution < 1.29 is 23.8 Å². The third-order valence-electron chi connectivity index (χ3n) is 5.03. The molecule has 0 atom stereocenters. The minimum absolute atomic E-state index is 0.165. The molecule has 0 fully saturated rings. The number of ether oxygens (including phenoxy) is 2. The molecule has 2 aromatic carbocycles. The van der Waals surface area contributed by atoms with Gasteiger partial charge in [-0.05, 0) is 55.7 Å². The third-order valence-corrected chi connectivity index (χ3v) is 5.03. The molecular formula is C27H32FN3O4. The quantitative estimate of drug-likeness (QED) is 0.494. The van der Waals surface area contributed by atoms with Crippen LogP contribution in [-0.4, -0.2) is 42.4 Å².